The second-order valence-corrected chi connectivity index (χ2v) is 4.97. The van der Waals surface area contributed by atoms with Gasteiger partial charge in [0.1, 0.15) is 12.1 Å². The Morgan fingerprint density at radius 3 is 2.71 bits per heavy atom. The van der Waals surface area contributed by atoms with Crippen molar-refractivity contribution in [1.29, 1.82) is 0 Å². The first-order chi connectivity index (χ1) is 11.4. The normalized spacial score (nSPS) is 10.1. The summed E-state index contributed by atoms with van der Waals surface area (Å²) < 4.78 is 18.0. The molecule has 0 aromatic heterocycles. The maximum Gasteiger partial charge on any atom is 0.311 e. The van der Waals surface area contributed by atoms with E-state index in [9.17, 15) is 24.1 Å². The van der Waals surface area contributed by atoms with Gasteiger partial charge in [0.15, 0.2) is 12.4 Å². The first-order valence-electron chi connectivity index (χ1n) is 6.52. The standard InChI is InChI=1S/C15H10ClFN2O5/c16-11-6-10(17)2-3-12(11)18-15(21)8-24-14-4-1-9(7-20)5-13(14)19(22)23/h1-7H,8H2,(H,18,21). The molecule has 0 aliphatic rings. The van der Waals surface area contributed by atoms with E-state index in [4.69, 9.17) is 16.3 Å². The Bertz CT molecular complexity index is 812. The van der Waals surface area contributed by atoms with Crippen LogP contribution in [0.15, 0.2) is 36.4 Å². The molecule has 1 N–H and O–H groups in total. The Kier molecular flexibility index (Phi) is 5.43. The molecule has 0 fully saturated rings. The highest BCUT2D eigenvalue weighted by molar-refractivity contribution is 6.33. The number of nitro groups is 1. The van der Waals surface area contributed by atoms with E-state index >= 15 is 0 Å². The molecular weight excluding hydrogens is 343 g/mol. The van der Waals surface area contributed by atoms with E-state index in [1.165, 1.54) is 18.2 Å². The summed E-state index contributed by atoms with van der Waals surface area (Å²) >= 11 is 5.77. The van der Waals surface area contributed by atoms with Crippen molar-refractivity contribution in [1.82, 2.24) is 0 Å². The van der Waals surface area contributed by atoms with Gasteiger partial charge >= 0.3 is 5.69 Å². The van der Waals surface area contributed by atoms with E-state index in [1.54, 1.807) is 0 Å². The van der Waals surface area contributed by atoms with Gasteiger partial charge in [-0.15, -0.1) is 0 Å². The van der Waals surface area contributed by atoms with Crippen molar-refractivity contribution in [3.63, 3.8) is 0 Å². The molecule has 7 nitrogen and oxygen atoms in total. The predicted molar refractivity (Wildman–Crippen MR) is 84.0 cm³/mol. The molecule has 24 heavy (non-hydrogen) atoms. The lowest BCUT2D eigenvalue weighted by Gasteiger charge is -2.09. The molecule has 2 aromatic rings. The third-order valence-electron chi connectivity index (χ3n) is 2.88. The lowest BCUT2D eigenvalue weighted by molar-refractivity contribution is -0.385. The van der Waals surface area contributed by atoms with E-state index < -0.39 is 28.9 Å². The van der Waals surface area contributed by atoms with Gasteiger partial charge < -0.3 is 10.1 Å². The number of nitrogens with zero attached hydrogens (tertiary/aromatic N) is 1. The van der Waals surface area contributed by atoms with E-state index in [1.807, 2.05) is 0 Å². The minimum absolute atomic E-state index is 0.00432. The van der Waals surface area contributed by atoms with Crippen LogP contribution in [0, 0.1) is 15.9 Å². The van der Waals surface area contributed by atoms with Crippen molar-refractivity contribution in [2.24, 2.45) is 0 Å². The highest BCUT2D eigenvalue weighted by Crippen LogP contribution is 2.27. The average Bonchev–Trinajstić information content (AvgIpc) is 2.55. The summed E-state index contributed by atoms with van der Waals surface area (Å²) in [4.78, 5) is 32.7. The first-order valence-corrected chi connectivity index (χ1v) is 6.90. The van der Waals surface area contributed by atoms with E-state index in [0.29, 0.717) is 6.29 Å². The summed E-state index contributed by atoms with van der Waals surface area (Å²) in [6.07, 6.45) is 0.458. The summed E-state index contributed by atoms with van der Waals surface area (Å²) in [6.45, 7) is -0.533. The van der Waals surface area contributed by atoms with Gasteiger partial charge in [0.05, 0.1) is 15.6 Å². The number of hydrogen-bond donors (Lipinski definition) is 1. The number of nitro benzene ring substituents is 1. The molecule has 1 amide bonds. The topological polar surface area (TPSA) is 98.5 Å². The molecule has 124 valence electrons. The summed E-state index contributed by atoms with van der Waals surface area (Å²) in [5.41, 5.74) is -0.152. The van der Waals surface area contributed by atoms with E-state index in [0.717, 1.165) is 18.2 Å². The number of carbonyl (C=O) groups is 2. The number of hydrogen-bond acceptors (Lipinski definition) is 5. The van der Waals surface area contributed by atoms with Gasteiger partial charge in [-0.1, -0.05) is 11.6 Å². The highest BCUT2D eigenvalue weighted by atomic mass is 35.5. The minimum atomic E-state index is -0.725. The molecule has 0 aliphatic carbocycles. The molecule has 0 unspecified atom stereocenters. The minimum Gasteiger partial charge on any atom is -0.477 e. The number of anilines is 1. The van der Waals surface area contributed by atoms with Crippen LogP contribution in [0.3, 0.4) is 0 Å². The molecule has 2 aromatic carbocycles. The number of rotatable bonds is 6. The number of benzene rings is 2. The first kappa shape index (κ1) is 17.4. The van der Waals surface area contributed by atoms with Crippen LogP contribution in [0.1, 0.15) is 10.4 Å². The summed E-state index contributed by atoms with van der Waals surface area (Å²) in [6, 6.07) is 7.00. The van der Waals surface area contributed by atoms with Crippen molar-refractivity contribution in [3.8, 4) is 5.75 Å². The molecule has 0 radical (unpaired) electrons. The molecule has 0 spiro atoms. The molecule has 0 atom stereocenters. The van der Waals surface area contributed by atoms with Crippen LogP contribution in [0.25, 0.3) is 0 Å². The zero-order valence-corrected chi connectivity index (χ0v) is 12.7. The number of carbonyl (C=O) groups excluding carboxylic acids is 2. The van der Waals surface area contributed by atoms with Gasteiger partial charge in [-0.2, -0.15) is 0 Å². The van der Waals surface area contributed by atoms with Crippen molar-refractivity contribution < 1.29 is 23.6 Å². The van der Waals surface area contributed by atoms with Crippen LogP contribution in [0.5, 0.6) is 5.75 Å². The molecule has 0 saturated heterocycles. The summed E-state index contributed by atoms with van der Waals surface area (Å²) in [5.74, 6) is -1.36. The fourth-order valence-corrected chi connectivity index (χ4v) is 2.01. The fourth-order valence-electron chi connectivity index (χ4n) is 1.79. The Morgan fingerprint density at radius 1 is 1.33 bits per heavy atom. The lowest BCUT2D eigenvalue weighted by atomic mass is 10.2. The van der Waals surface area contributed by atoms with Crippen LogP contribution >= 0.6 is 11.6 Å². The van der Waals surface area contributed by atoms with E-state index in [-0.39, 0.29) is 22.0 Å². The number of nitrogens with one attached hydrogen (secondary N) is 1. The highest BCUT2D eigenvalue weighted by Gasteiger charge is 2.17. The van der Waals surface area contributed by atoms with Crippen LogP contribution in [0.2, 0.25) is 5.02 Å². The van der Waals surface area contributed by atoms with Gasteiger partial charge in [-0.25, -0.2) is 4.39 Å². The number of halogens is 2. The molecule has 0 aliphatic heterocycles. The largest absolute Gasteiger partial charge is 0.477 e. The second kappa shape index (κ2) is 7.51. The van der Waals surface area contributed by atoms with Crippen molar-refractivity contribution >= 4 is 35.2 Å². The average molecular weight is 353 g/mol. The number of ether oxygens (including phenoxy) is 1. The summed E-state index contributed by atoms with van der Waals surface area (Å²) in [7, 11) is 0. The SMILES string of the molecule is O=Cc1ccc(OCC(=O)Nc2ccc(F)cc2Cl)c([N+](=O)[O-])c1. The van der Waals surface area contributed by atoms with Crippen LogP contribution in [-0.4, -0.2) is 23.7 Å². The predicted octanol–water partition coefficient (Wildman–Crippen LogP) is 3.22. The van der Waals surface area contributed by atoms with Crippen LogP contribution in [0.4, 0.5) is 15.8 Å². The van der Waals surface area contributed by atoms with Crippen molar-refractivity contribution in [3.05, 3.63) is 62.9 Å². The van der Waals surface area contributed by atoms with Crippen LogP contribution in [-0.2, 0) is 4.79 Å². The monoisotopic (exact) mass is 352 g/mol. The maximum absolute atomic E-state index is 12.9. The zero-order chi connectivity index (χ0) is 17.7. The van der Waals surface area contributed by atoms with Gasteiger partial charge in [-0.3, -0.25) is 19.7 Å². The molecule has 0 saturated carbocycles. The number of amides is 1. The van der Waals surface area contributed by atoms with Crippen molar-refractivity contribution in [2.45, 2.75) is 0 Å². The Labute approximate surface area is 140 Å². The molecular formula is C15H10ClFN2O5. The number of aldehydes is 1. The van der Waals surface area contributed by atoms with Crippen LogP contribution < -0.4 is 10.1 Å². The molecule has 0 bridgehead atoms. The van der Waals surface area contributed by atoms with Gasteiger partial charge in [0.25, 0.3) is 5.91 Å². The van der Waals surface area contributed by atoms with E-state index in [2.05, 4.69) is 5.32 Å². The van der Waals surface area contributed by atoms with Gasteiger partial charge in [0.2, 0.25) is 0 Å². The quantitative estimate of drug-likeness (QED) is 0.489. The van der Waals surface area contributed by atoms with Gasteiger partial charge in [0, 0.05) is 11.6 Å². The Balaban J connectivity index is 2.06. The Morgan fingerprint density at radius 2 is 2.08 bits per heavy atom. The smallest absolute Gasteiger partial charge is 0.311 e. The van der Waals surface area contributed by atoms with Gasteiger partial charge in [-0.05, 0) is 30.3 Å². The maximum atomic E-state index is 12.9. The Hall–Kier alpha value is -3.00. The second-order valence-electron chi connectivity index (χ2n) is 4.56. The summed E-state index contributed by atoms with van der Waals surface area (Å²) in [5, 5.41) is 13.4. The fraction of sp³-hybridized carbons (Fsp3) is 0.0667. The molecule has 2 rings (SSSR count). The third-order valence-corrected chi connectivity index (χ3v) is 3.19. The van der Waals surface area contributed by atoms with Crippen molar-refractivity contribution in [2.75, 3.05) is 11.9 Å². The lowest BCUT2D eigenvalue weighted by Crippen LogP contribution is -2.20. The third kappa shape index (κ3) is 4.26. The zero-order valence-electron chi connectivity index (χ0n) is 12.0. The molecule has 0 heterocycles. The molecule has 9 heteroatoms.